The third-order valence-corrected chi connectivity index (χ3v) is 8.79. The number of alkyl halides is 3. The van der Waals surface area contributed by atoms with E-state index in [0.717, 1.165) is 31.0 Å². The van der Waals surface area contributed by atoms with E-state index in [0.29, 0.717) is 38.8 Å². The predicted octanol–water partition coefficient (Wildman–Crippen LogP) is 4.49. The summed E-state index contributed by atoms with van der Waals surface area (Å²) in [5, 5.41) is 6.76. The Labute approximate surface area is 263 Å². The lowest BCUT2D eigenvalue weighted by molar-refractivity contribution is -0.137. The number of hydrogen-bond donors (Lipinski definition) is 3. The van der Waals surface area contributed by atoms with Gasteiger partial charge in [0.2, 0.25) is 5.88 Å². The van der Waals surface area contributed by atoms with Crippen LogP contribution in [0.15, 0.2) is 18.2 Å². The molecule has 2 saturated heterocycles. The quantitative estimate of drug-likeness (QED) is 0.268. The minimum absolute atomic E-state index is 0.0873. The summed E-state index contributed by atoms with van der Waals surface area (Å²) in [5.41, 5.74) is 3.70. The van der Waals surface area contributed by atoms with Gasteiger partial charge in [-0.15, -0.1) is 0 Å². The van der Waals surface area contributed by atoms with Gasteiger partial charge < -0.3 is 30.6 Å². The highest BCUT2D eigenvalue weighted by molar-refractivity contribution is 5.96. The molecule has 3 aliphatic rings. The first-order valence-electron chi connectivity index (χ1n) is 15.4. The third kappa shape index (κ3) is 6.40. The number of nitrogens with one attached hydrogen (secondary N) is 2. The molecule has 6 heterocycles. The van der Waals surface area contributed by atoms with Crippen molar-refractivity contribution in [3.05, 3.63) is 35.3 Å². The molecule has 0 spiro atoms. The van der Waals surface area contributed by atoms with Crippen LogP contribution < -0.4 is 25.8 Å². The number of nitrogen functional groups attached to an aromatic ring is 1. The van der Waals surface area contributed by atoms with E-state index in [9.17, 15) is 13.2 Å². The number of nitrogens with two attached hydrogens (primary N) is 1. The number of rotatable bonds is 5. The molecule has 15 heteroatoms. The number of aromatic nitrogens is 4. The Hall–Kier alpha value is -3.82. The second-order valence-corrected chi connectivity index (χ2v) is 12.2. The van der Waals surface area contributed by atoms with E-state index < -0.39 is 40.6 Å². The zero-order chi connectivity index (χ0) is 32.7. The van der Waals surface area contributed by atoms with Gasteiger partial charge in [0.05, 0.1) is 30.6 Å². The SMILES string of the molecule is C=C(C)C1CNc2nc(OCC3CC[C@H]4COCCN34)nc3c(F)c(-c4cc(N)nc(C)c4C(F)(F)F)nc(c23)O[C@@H](C)CCN1. The van der Waals surface area contributed by atoms with Gasteiger partial charge in [-0.2, -0.15) is 23.1 Å². The Morgan fingerprint density at radius 2 is 2.00 bits per heavy atom. The van der Waals surface area contributed by atoms with E-state index in [1.807, 2.05) is 6.92 Å². The smallest absolute Gasteiger partial charge is 0.418 e. The first kappa shape index (κ1) is 32.1. The Morgan fingerprint density at radius 1 is 1.20 bits per heavy atom. The molecule has 3 aromatic heterocycles. The molecular weight excluding hydrogens is 608 g/mol. The standard InChI is InChI=1S/C31H38F4N8O3/c1-15(2)21-12-38-28-23-27(41-30(42-28)45-14-19-6-5-18-13-44-10-9-43(18)19)25(32)26(40-29(23)46-16(3)7-8-37-21)20-11-22(36)39-17(4)24(20)31(33,34)35/h11,16,18-19,21,37H,1,5-10,12-14H2,2-4H3,(H2,36,39)(H,38,41,42)/t16-,18-,19?,21?/m0/s1. The molecule has 0 aliphatic carbocycles. The van der Waals surface area contributed by atoms with Gasteiger partial charge in [0.25, 0.3) is 0 Å². The molecule has 11 nitrogen and oxygen atoms in total. The van der Waals surface area contributed by atoms with Crippen molar-refractivity contribution in [3.8, 4) is 23.1 Å². The van der Waals surface area contributed by atoms with Gasteiger partial charge in [0.15, 0.2) is 5.82 Å². The molecular formula is C31H38F4N8O3. The Kier molecular flexibility index (Phi) is 8.91. The summed E-state index contributed by atoms with van der Waals surface area (Å²) in [6.07, 6.45) is -2.95. The Bertz CT molecular complexity index is 1640. The fourth-order valence-corrected chi connectivity index (χ4v) is 6.45. The van der Waals surface area contributed by atoms with Crippen LogP contribution in [0.1, 0.15) is 44.4 Å². The third-order valence-electron chi connectivity index (χ3n) is 8.79. The van der Waals surface area contributed by atoms with E-state index >= 15 is 4.39 Å². The van der Waals surface area contributed by atoms with Gasteiger partial charge in [-0.25, -0.2) is 14.4 Å². The summed E-state index contributed by atoms with van der Waals surface area (Å²) in [4.78, 5) is 19.5. The highest BCUT2D eigenvalue weighted by atomic mass is 19.4. The van der Waals surface area contributed by atoms with E-state index in [-0.39, 0.29) is 53.1 Å². The van der Waals surface area contributed by atoms with Crippen molar-refractivity contribution in [1.82, 2.24) is 30.2 Å². The zero-order valence-corrected chi connectivity index (χ0v) is 26.0. The Morgan fingerprint density at radius 3 is 2.76 bits per heavy atom. The molecule has 0 bridgehead atoms. The molecule has 2 fully saturated rings. The first-order valence-corrected chi connectivity index (χ1v) is 15.4. The van der Waals surface area contributed by atoms with Gasteiger partial charge in [-0.1, -0.05) is 12.2 Å². The van der Waals surface area contributed by atoms with Crippen molar-refractivity contribution < 1.29 is 31.8 Å². The molecule has 6 rings (SSSR count). The summed E-state index contributed by atoms with van der Waals surface area (Å²) in [7, 11) is 0. The monoisotopic (exact) mass is 646 g/mol. The highest BCUT2D eigenvalue weighted by Crippen LogP contribution is 2.43. The van der Waals surface area contributed by atoms with E-state index in [1.54, 1.807) is 6.92 Å². The molecule has 0 amide bonds. The summed E-state index contributed by atoms with van der Waals surface area (Å²) < 4.78 is 77.6. The molecule has 4 atom stereocenters. The molecule has 3 aliphatic heterocycles. The van der Waals surface area contributed by atoms with Gasteiger partial charge in [0.1, 0.15) is 34.8 Å². The van der Waals surface area contributed by atoms with E-state index in [4.69, 9.17) is 19.9 Å². The molecule has 3 aromatic rings. The van der Waals surface area contributed by atoms with Crippen molar-refractivity contribution in [1.29, 1.82) is 0 Å². The largest absolute Gasteiger partial charge is 0.474 e. The number of nitrogens with zero attached hydrogens (tertiary/aromatic N) is 5. The van der Waals surface area contributed by atoms with Gasteiger partial charge in [-0.05, 0) is 52.6 Å². The van der Waals surface area contributed by atoms with Crippen LogP contribution in [0.5, 0.6) is 11.9 Å². The van der Waals surface area contributed by atoms with Crippen LogP contribution >= 0.6 is 0 Å². The molecule has 0 saturated carbocycles. The van der Waals surface area contributed by atoms with Crippen molar-refractivity contribution in [2.24, 2.45) is 0 Å². The Balaban J connectivity index is 1.51. The summed E-state index contributed by atoms with van der Waals surface area (Å²) in [6, 6.07) is 1.08. The number of morpholine rings is 1. The second-order valence-electron chi connectivity index (χ2n) is 12.2. The topological polar surface area (TPSA) is 133 Å². The maximum absolute atomic E-state index is 16.7. The van der Waals surface area contributed by atoms with Crippen LogP contribution in [0, 0.1) is 12.7 Å². The number of fused-ring (bicyclic) bond motifs is 1. The fourth-order valence-electron chi connectivity index (χ4n) is 6.45. The van der Waals surface area contributed by atoms with Crippen molar-refractivity contribution >= 4 is 22.5 Å². The summed E-state index contributed by atoms with van der Waals surface area (Å²) in [5.74, 6) is -1.26. The lowest BCUT2D eigenvalue weighted by atomic mass is 10.0. The van der Waals surface area contributed by atoms with Crippen LogP contribution in [0.4, 0.5) is 29.2 Å². The molecule has 4 N–H and O–H groups in total. The number of halogens is 4. The van der Waals surface area contributed by atoms with E-state index in [2.05, 4.69) is 42.0 Å². The second kappa shape index (κ2) is 12.8. The minimum Gasteiger partial charge on any atom is -0.474 e. The number of hydrogen-bond acceptors (Lipinski definition) is 11. The normalized spacial score (nSPS) is 24.1. The molecule has 46 heavy (non-hydrogen) atoms. The first-order chi connectivity index (χ1) is 21.9. The maximum Gasteiger partial charge on any atom is 0.418 e. The number of anilines is 2. The van der Waals surface area contributed by atoms with Gasteiger partial charge in [-0.3, -0.25) is 4.90 Å². The molecule has 0 radical (unpaired) electrons. The van der Waals surface area contributed by atoms with Gasteiger partial charge >= 0.3 is 12.2 Å². The van der Waals surface area contributed by atoms with Crippen LogP contribution in [0.3, 0.4) is 0 Å². The molecule has 248 valence electrons. The van der Waals surface area contributed by atoms with Crippen LogP contribution in [-0.4, -0.2) is 88.5 Å². The van der Waals surface area contributed by atoms with Crippen molar-refractivity contribution in [2.75, 3.05) is 50.5 Å². The zero-order valence-electron chi connectivity index (χ0n) is 26.0. The van der Waals surface area contributed by atoms with Crippen LogP contribution in [0.25, 0.3) is 22.2 Å². The average molecular weight is 647 g/mol. The highest BCUT2D eigenvalue weighted by Gasteiger charge is 2.39. The summed E-state index contributed by atoms with van der Waals surface area (Å²) in [6.45, 7) is 12.1. The summed E-state index contributed by atoms with van der Waals surface area (Å²) >= 11 is 0. The van der Waals surface area contributed by atoms with Gasteiger partial charge in [0, 0.05) is 36.8 Å². The van der Waals surface area contributed by atoms with Crippen molar-refractivity contribution in [2.45, 2.75) is 70.4 Å². The van der Waals surface area contributed by atoms with Crippen molar-refractivity contribution in [3.63, 3.8) is 0 Å². The average Bonchev–Trinajstić information content (AvgIpc) is 3.39. The lowest BCUT2D eigenvalue weighted by Gasteiger charge is -2.33. The number of aryl methyl sites for hydroxylation is 1. The van der Waals surface area contributed by atoms with Crippen LogP contribution in [-0.2, 0) is 10.9 Å². The molecule has 0 aromatic carbocycles. The lowest BCUT2D eigenvalue weighted by Crippen LogP contribution is -2.46. The maximum atomic E-state index is 16.7. The van der Waals surface area contributed by atoms with Crippen LogP contribution in [0.2, 0.25) is 0 Å². The minimum atomic E-state index is -4.87. The number of pyridine rings is 2. The fraction of sp³-hybridized carbons (Fsp3) is 0.548. The number of ether oxygens (including phenoxy) is 3. The van der Waals surface area contributed by atoms with E-state index in [1.165, 1.54) is 6.92 Å². The molecule has 2 unspecified atom stereocenters. The predicted molar refractivity (Wildman–Crippen MR) is 164 cm³/mol.